The molecule has 1 heterocycles. The average Bonchev–Trinajstić information content (AvgIpc) is 3.10. The molecule has 2 aliphatic rings. The topological polar surface area (TPSA) is 87.1 Å². The van der Waals surface area contributed by atoms with Crippen molar-refractivity contribution in [2.75, 3.05) is 0 Å². The van der Waals surface area contributed by atoms with Crippen LogP contribution in [0, 0.1) is 23.7 Å². The highest BCUT2D eigenvalue weighted by molar-refractivity contribution is 5.72. The maximum Gasteiger partial charge on any atom is 0.309 e. The van der Waals surface area contributed by atoms with Crippen molar-refractivity contribution in [2.45, 2.75) is 58.2 Å². The Balaban J connectivity index is 2.11. The van der Waals surface area contributed by atoms with Crippen LogP contribution in [0.4, 0.5) is 0 Å². The number of ether oxygens (including phenoxy) is 1. The van der Waals surface area contributed by atoms with Gasteiger partial charge >= 0.3 is 11.9 Å². The molecule has 0 unspecified atom stereocenters. The van der Waals surface area contributed by atoms with E-state index in [1.165, 1.54) is 0 Å². The quantitative estimate of drug-likeness (QED) is 0.757. The summed E-state index contributed by atoms with van der Waals surface area (Å²) in [5.74, 6) is -1.15. The van der Waals surface area contributed by atoms with E-state index in [0.29, 0.717) is 18.3 Å². The number of aliphatic carboxylic acids is 2. The normalized spacial score (nSPS) is 41.4. The lowest BCUT2D eigenvalue weighted by Crippen LogP contribution is -2.32. The summed E-state index contributed by atoms with van der Waals surface area (Å²) in [6.45, 7) is 5.94. The van der Waals surface area contributed by atoms with Gasteiger partial charge < -0.3 is 14.9 Å². The second kappa shape index (κ2) is 5.35. The second-order valence-corrected chi connectivity index (χ2v) is 6.52. The minimum atomic E-state index is -0.809. The largest absolute Gasteiger partial charge is 0.481 e. The fourth-order valence-electron chi connectivity index (χ4n) is 3.98. The lowest BCUT2D eigenvalue weighted by atomic mass is 9.78. The maximum atomic E-state index is 11.3. The van der Waals surface area contributed by atoms with Crippen molar-refractivity contribution in [3.05, 3.63) is 0 Å². The van der Waals surface area contributed by atoms with Gasteiger partial charge in [0, 0.05) is 6.42 Å². The van der Waals surface area contributed by atoms with E-state index in [9.17, 15) is 14.7 Å². The van der Waals surface area contributed by atoms with Crippen LogP contribution in [0.3, 0.4) is 0 Å². The number of rotatable bonds is 5. The van der Waals surface area contributed by atoms with Crippen molar-refractivity contribution in [2.24, 2.45) is 23.7 Å². The summed E-state index contributed by atoms with van der Waals surface area (Å²) >= 11 is 0. The zero-order chi connectivity index (χ0) is 15.1. The van der Waals surface area contributed by atoms with Gasteiger partial charge in [0.1, 0.15) is 5.60 Å². The van der Waals surface area contributed by atoms with Crippen LogP contribution in [0.2, 0.25) is 0 Å². The predicted molar refractivity (Wildman–Crippen MR) is 72.3 cm³/mol. The molecule has 0 radical (unpaired) electrons. The van der Waals surface area contributed by atoms with Crippen LogP contribution in [-0.4, -0.2) is 33.9 Å². The van der Waals surface area contributed by atoms with E-state index in [2.05, 4.69) is 13.8 Å². The highest BCUT2D eigenvalue weighted by atomic mass is 16.6. The van der Waals surface area contributed by atoms with Crippen molar-refractivity contribution >= 4 is 11.9 Å². The second-order valence-electron chi connectivity index (χ2n) is 6.52. The van der Waals surface area contributed by atoms with Crippen LogP contribution >= 0.6 is 0 Å². The molecule has 2 rings (SSSR count). The number of carboxylic acid groups (broad SMARTS) is 2. The molecule has 0 aromatic carbocycles. The van der Waals surface area contributed by atoms with Crippen LogP contribution in [-0.2, 0) is 14.3 Å². The SMILES string of the molecule is C[C@H]1[C@@H](CCC(=O)O)[C@@H](C)CC[C@]2([C@@H](C)C(=O)O)O[C@H]12. The van der Waals surface area contributed by atoms with Gasteiger partial charge in [-0.05, 0) is 43.9 Å². The Bertz CT molecular complexity index is 407. The van der Waals surface area contributed by atoms with E-state index in [0.717, 1.165) is 12.8 Å². The first-order valence-corrected chi connectivity index (χ1v) is 7.42. The highest BCUT2D eigenvalue weighted by Gasteiger charge is 2.65. The van der Waals surface area contributed by atoms with Crippen molar-refractivity contribution in [3.63, 3.8) is 0 Å². The third-order valence-corrected chi connectivity index (χ3v) is 5.44. The summed E-state index contributed by atoms with van der Waals surface area (Å²) in [6.07, 6.45) is 2.46. The first-order valence-electron chi connectivity index (χ1n) is 7.42. The molecule has 5 heteroatoms. The molecule has 0 spiro atoms. The van der Waals surface area contributed by atoms with E-state index in [4.69, 9.17) is 9.84 Å². The van der Waals surface area contributed by atoms with Crippen LogP contribution in [0.1, 0.15) is 46.5 Å². The van der Waals surface area contributed by atoms with Gasteiger partial charge in [-0.25, -0.2) is 0 Å². The van der Waals surface area contributed by atoms with Gasteiger partial charge in [-0.15, -0.1) is 0 Å². The van der Waals surface area contributed by atoms with Gasteiger partial charge in [-0.1, -0.05) is 13.8 Å². The molecule has 20 heavy (non-hydrogen) atoms. The Labute approximate surface area is 119 Å². The fraction of sp³-hybridized carbons (Fsp3) is 0.867. The van der Waals surface area contributed by atoms with E-state index >= 15 is 0 Å². The molecular formula is C15H24O5. The first-order chi connectivity index (χ1) is 9.29. The molecule has 114 valence electrons. The standard InChI is InChI=1S/C15H24O5/c1-8-6-7-15(10(3)14(18)19)13(20-15)9(2)11(8)4-5-12(16)17/h8-11,13H,4-7H2,1-3H3,(H,16,17)(H,18,19)/t8-,9-,10-,11-,13+,15+/m0/s1. The van der Waals surface area contributed by atoms with E-state index in [1.807, 2.05) is 0 Å². The number of carbonyl (C=O) groups is 2. The molecule has 1 saturated heterocycles. The Kier molecular flexibility index (Phi) is 4.09. The molecule has 1 aliphatic carbocycles. The zero-order valence-corrected chi connectivity index (χ0v) is 12.3. The number of fused-ring (bicyclic) bond motifs is 1. The summed E-state index contributed by atoms with van der Waals surface area (Å²) in [4.78, 5) is 22.1. The molecule has 0 aromatic rings. The van der Waals surface area contributed by atoms with Crippen molar-refractivity contribution in [1.29, 1.82) is 0 Å². The smallest absolute Gasteiger partial charge is 0.309 e. The summed E-state index contributed by atoms with van der Waals surface area (Å²) in [5.41, 5.74) is -0.516. The monoisotopic (exact) mass is 284 g/mol. The molecule has 0 amide bonds. The lowest BCUT2D eigenvalue weighted by Gasteiger charge is -2.26. The Morgan fingerprint density at radius 1 is 1.35 bits per heavy atom. The molecule has 6 atom stereocenters. The maximum absolute atomic E-state index is 11.3. The van der Waals surface area contributed by atoms with Gasteiger partial charge in [0.05, 0.1) is 12.0 Å². The van der Waals surface area contributed by atoms with E-state index in [-0.39, 0.29) is 18.4 Å². The minimum absolute atomic E-state index is 0.0302. The highest BCUT2D eigenvalue weighted by Crippen LogP contribution is 2.56. The van der Waals surface area contributed by atoms with Crippen molar-refractivity contribution < 1.29 is 24.5 Å². The summed E-state index contributed by atoms with van der Waals surface area (Å²) in [7, 11) is 0. The van der Waals surface area contributed by atoms with Gasteiger partial charge in [0.2, 0.25) is 0 Å². The first kappa shape index (κ1) is 15.3. The molecule has 0 bridgehead atoms. The number of epoxide rings is 1. The summed E-state index contributed by atoms with van der Waals surface area (Å²) in [5, 5.41) is 18.1. The average molecular weight is 284 g/mol. The number of hydrogen-bond acceptors (Lipinski definition) is 3. The third-order valence-electron chi connectivity index (χ3n) is 5.44. The van der Waals surface area contributed by atoms with Gasteiger partial charge in [0.25, 0.3) is 0 Å². The molecule has 5 nitrogen and oxygen atoms in total. The fourth-order valence-corrected chi connectivity index (χ4v) is 3.98. The Morgan fingerprint density at radius 3 is 2.55 bits per heavy atom. The van der Waals surface area contributed by atoms with Crippen LogP contribution in [0.5, 0.6) is 0 Å². The van der Waals surface area contributed by atoms with Gasteiger partial charge in [-0.2, -0.15) is 0 Å². The predicted octanol–water partition coefficient (Wildman–Crippen LogP) is 2.39. The molecular weight excluding hydrogens is 260 g/mol. The summed E-state index contributed by atoms with van der Waals surface area (Å²) in [6, 6.07) is 0. The molecule has 1 aliphatic heterocycles. The van der Waals surface area contributed by atoms with Gasteiger partial charge in [-0.3, -0.25) is 9.59 Å². The zero-order valence-electron chi connectivity index (χ0n) is 12.3. The van der Waals surface area contributed by atoms with E-state index in [1.54, 1.807) is 6.92 Å². The van der Waals surface area contributed by atoms with Gasteiger partial charge in [0.15, 0.2) is 0 Å². The Hall–Kier alpha value is -1.10. The lowest BCUT2D eigenvalue weighted by molar-refractivity contribution is -0.143. The minimum Gasteiger partial charge on any atom is -0.481 e. The van der Waals surface area contributed by atoms with Crippen LogP contribution < -0.4 is 0 Å². The van der Waals surface area contributed by atoms with Crippen molar-refractivity contribution in [3.8, 4) is 0 Å². The van der Waals surface area contributed by atoms with E-state index < -0.39 is 23.5 Å². The molecule has 0 aromatic heterocycles. The Morgan fingerprint density at radius 2 is 2.00 bits per heavy atom. The van der Waals surface area contributed by atoms with Crippen molar-refractivity contribution in [1.82, 2.24) is 0 Å². The summed E-state index contributed by atoms with van der Waals surface area (Å²) < 4.78 is 5.84. The molecule has 1 saturated carbocycles. The molecule has 2 fully saturated rings. The third kappa shape index (κ3) is 2.55. The molecule has 2 N–H and O–H groups in total. The number of carboxylic acids is 2. The van der Waals surface area contributed by atoms with Crippen LogP contribution in [0.15, 0.2) is 0 Å². The van der Waals surface area contributed by atoms with Crippen LogP contribution in [0.25, 0.3) is 0 Å². The number of hydrogen-bond donors (Lipinski definition) is 2.